The van der Waals surface area contributed by atoms with Gasteiger partial charge in [-0.1, -0.05) is 42.5 Å². The molecule has 240 valence electrons. The molecule has 12 heteroatoms. The van der Waals surface area contributed by atoms with Crippen LogP contribution in [0, 0.1) is 11.6 Å². The van der Waals surface area contributed by atoms with E-state index in [0.29, 0.717) is 24.3 Å². The Morgan fingerprint density at radius 1 is 0.891 bits per heavy atom. The molecule has 0 radical (unpaired) electrons. The highest BCUT2D eigenvalue weighted by atomic mass is 32.2. The van der Waals surface area contributed by atoms with Crippen molar-refractivity contribution in [1.29, 1.82) is 0 Å². The number of rotatable bonds is 13. The molecule has 0 unspecified atom stereocenters. The third-order valence-electron chi connectivity index (χ3n) is 7.38. The van der Waals surface area contributed by atoms with Crippen LogP contribution in [0.4, 0.5) is 14.5 Å². The van der Waals surface area contributed by atoms with Crippen molar-refractivity contribution in [3.05, 3.63) is 126 Å². The summed E-state index contributed by atoms with van der Waals surface area (Å²) in [7, 11) is -3.97. The Morgan fingerprint density at radius 2 is 1.54 bits per heavy atom. The molecule has 2 atom stereocenters. The lowest BCUT2D eigenvalue weighted by Gasteiger charge is -2.32. The molecule has 1 aliphatic heterocycles. The minimum absolute atomic E-state index is 0.0123. The summed E-state index contributed by atoms with van der Waals surface area (Å²) in [6, 6.07) is 23.8. The Hall–Kier alpha value is -4.81. The normalized spacial score (nSPS) is 15.1. The lowest BCUT2D eigenvalue weighted by atomic mass is 10.0. The van der Waals surface area contributed by atoms with Crippen LogP contribution < -0.4 is 14.8 Å². The Labute approximate surface area is 266 Å². The van der Waals surface area contributed by atoms with Crippen molar-refractivity contribution in [1.82, 2.24) is 10.2 Å². The van der Waals surface area contributed by atoms with Crippen molar-refractivity contribution in [2.45, 2.75) is 36.4 Å². The van der Waals surface area contributed by atoms with Crippen molar-refractivity contribution in [3.63, 3.8) is 0 Å². The van der Waals surface area contributed by atoms with Gasteiger partial charge < -0.3 is 19.7 Å². The highest BCUT2D eigenvalue weighted by Gasteiger charge is 2.32. The van der Waals surface area contributed by atoms with Crippen molar-refractivity contribution in [2.75, 3.05) is 24.5 Å². The standard InChI is InChI=1S/C34H33F2N3O6S/c35-26-10-8-24(9-11-26)22-39(33(25-5-2-1-3-6-25)34(41)37-21-30-7-4-20-44-30)32(40)23-45-29-16-18-31(19-17-29)46(42,43)38-28-14-12-27(36)13-15-28/h1-3,5-6,8-19,30,33,38H,4,7,20-23H2,(H,37,41)/t30-,33+/m1/s1. The number of hydrogen-bond acceptors (Lipinski definition) is 6. The molecule has 1 saturated heterocycles. The van der Waals surface area contributed by atoms with Crippen molar-refractivity contribution >= 4 is 27.5 Å². The van der Waals surface area contributed by atoms with Crippen LogP contribution in [0.3, 0.4) is 0 Å². The van der Waals surface area contributed by atoms with Crippen molar-refractivity contribution in [2.24, 2.45) is 0 Å². The van der Waals surface area contributed by atoms with Gasteiger partial charge in [-0.05, 0) is 84.6 Å². The zero-order valence-electron chi connectivity index (χ0n) is 24.8. The largest absolute Gasteiger partial charge is 0.484 e. The fraction of sp³-hybridized carbons (Fsp3) is 0.235. The first-order chi connectivity index (χ1) is 22.2. The number of nitrogens with one attached hydrogen (secondary N) is 2. The molecular formula is C34H33F2N3O6S. The zero-order chi connectivity index (χ0) is 32.5. The molecule has 1 aliphatic rings. The van der Waals surface area contributed by atoms with Crippen LogP contribution in [0.15, 0.2) is 108 Å². The van der Waals surface area contributed by atoms with Gasteiger partial charge in [0.15, 0.2) is 6.61 Å². The maximum Gasteiger partial charge on any atom is 0.261 e. The van der Waals surface area contributed by atoms with Crippen LogP contribution in [0.25, 0.3) is 0 Å². The molecule has 46 heavy (non-hydrogen) atoms. The van der Waals surface area contributed by atoms with Crippen LogP contribution in [-0.2, 0) is 30.9 Å². The molecule has 2 amide bonds. The summed E-state index contributed by atoms with van der Waals surface area (Å²) in [5, 5.41) is 2.93. The highest BCUT2D eigenvalue weighted by Crippen LogP contribution is 2.26. The fourth-order valence-electron chi connectivity index (χ4n) is 5.01. The number of amides is 2. The van der Waals surface area contributed by atoms with Crippen LogP contribution in [0.5, 0.6) is 5.75 Å². The maximum absolute atomic E-state index is 13.8. The fourth-order valence-corrected chi connectivity index (χ4v) is 6.07. The number of nitrogens with zero attached hydrogens (tertiary/aromatic N) is 1. The van der Waals surface area contributed by atoms with E-state index in [1.165, 1.54) is 53.4 Å². The van der Waals surface area contributed by atoms with Crippen LogP contribution in [0.1, 0.15) is 30.0 Å². The first kappa shape index (κ1) is 32.6. The number of anilines is 1. The van der Waals surface area contributed by atoms with Gasteiger partial charge in [-0.3, -0.25) is 14.3 Å². The number of carbonyl (C=O) groups excluding carboxylic acids is 2. The van der Waals surface area contributed by atoms with Gasteiger partial charge >= 0.3 is 0 Å². The number of ether oxygens (including phenoxy) is 2. The summed E-state index contributed by atoms with van der Waals surface area (Å²) in [6.45, 7) is 0.445. The minimum Gasteiger partial charge on any atom is -0.484 e. The highest BCUT2D eigenvalue weighted by molar-refractivity contribution is 7.92. The number of benzene rings is 4. The molecule has 1 fully saturated rings. The predicted molar refractivity (Wildman–Crippen MR) is 167 cm³/mol. The summed E-state index contributed by atoms with van der Waals surface area (Å²) in [4.78, 5) is 28.8. The van der Waals surface area contributed by atoms with E-state index in [1.807, 2.05) is 0 Å². The number of carbonyl (C=O) groups is 2. The molecule has 0 aliphatic carbocycles. The SMILES string of the molecule is O=C(NC[C@H]1CCCO1)[C@H](c1ccccc1)N(Cc1ccc(F)cc1)C(=O)COc1ccc(S(=O)(=O)Nc2ccc(F)cc2)cc1. The predicted octanol–water partition coefficient (Wildman–Crippen LogP) is 5.21. The smallest absolute Gasteiger partial charge is 0.261 e. The molecule has 9 nitrogen and oxygen atoms in total. The molecule has 0 spiro atoms. The lowest BCUT2D eigenvalue weighted by Crippen LogP contribution is -2.46. The van der Waals surface area contributed by atoms with Crippen LogP contribution >= 0.6 is 0 Å². The van der Waals surface area contributed by atoms with Gasteiger partial charge in [-0.15, -0.1) is 0 Å². The van der Waals surface area contributed by atoms with E-state index < -0.39 is 46.1 Å². The maximum atomic E-state index is 13.8. The van der Waals surface area contributed by atoms with E-state index in [9.17, 15) is 26.8 Å². The first-order valence-corrected chi connectivity index (χ1v) is 16.2. The van der Waals surface area contributed by atoms with Gasteiger partial charge in [0.2, 0.25) is 5.91 Å². The van der Waals surface area contributed by atoms with E-state index in [4.69, 9.17) is 9.47 Å². The molecule has 0 bridgehead atoms. The first-order valence-electron chi connectivity index (χ1n) is 14.7. The van der Waals surface area contributed by atoms with Gasteiger partial charge in [-0.25, -0.2) is 17.2 Å². The quantitative estimate of drug-likeness (QED) is 0.206. The summed E-state index contributed by atoms with van der Waals surface area (Å²) < 4.78 is 66.2. The molecule has 0 aromatic heterocycles. The molecule has 1 heterocycles. The Balaban J connectivity index is 1.33. The summed E-state index contributed by atoms with van der Waals surface area (Å²) >= 11 is 0. The van der Waals surface area contributed by atoms with Gasteiger partial charge in [0, 0.05) is 25.4 Å². The third-order valence-corrected chi connectivity index (χ3v) is 8.78. The van der Waals surface area contributed by atoms with Crippen LogP contribution in [0.2, 0.25) is 0 Å². The minimum atomic E-state index is -3.97. The van der Waals surface area contributed by atoms with E-state index in [1.54, 1.807) is 42.5 Å². The molecule has 4 aromatic carbocycles. The van der Waals surface area contributed by atoms with Crippen molar-refractivity contribution in [3.8, 4) is 5.75 Å². The molecule has 4 aromatic rings. The topological polar surface area (TPSA) is 114 Å². The third kappa shape index (κ3) is 8.67. The molecule has 5 rings (SSSR count). The number of hydrogen-bond donors (Lipinski definition) is 2. The van der Waals surface area contributed by atoms with Crippen LogP contribution in [-0.4, -0.2) is 51.0 Å². The summed E-state index contributed by atoms with van der Waals surface area (Å²) in [5.74, 6) is -1.64. The number of sulfonamides is 1. The molecule has 0 saturated carbocycles. The van der Waals surface area contributed by atoms with E-state index >= 15 is 0 Å². The van der Waals surface area contributed by atoms with E-state index in [-0.39, 0.29) is 29.0 Å². The van der Waals surface area contributed by atoms with Gasteiger partial charge in [0.1, 0.15) is 23.4 Å². The molecular weight excluding hydrogens is 616 g/mol. The number of halogens is 2. The lowest BCUT2D eigenvalue weighted by molar-refractivity contribution is -0.143. The summed E-state index contributed by atoms with van der Waals surface area (Å²) in [5.41, 5.74) is 1.37. The Kier molecular flexibility index (Phi) is 10.6. The van der Waals surface area contributed by atoms with Gasteiger partial charge in [0.05, 0.1) is 11.0 Å². The van der Waals surface area contributed by atoms with Crippen molar-refractivity contribution < 1.29 is 36.3 Å². The van der Waals surface area contributed by atoms with Gasteiger partial charge in [-0.2, -0.15) is 0 Å². The second-order valence-electron chi connectivity index (χ2n) is 10.7. The Bertz CT molecular complexity index is 1720. The average molecular weight is 650 g/mol. The van der Waals surface area contributed by atoms with E-state index in [2.05, 4.69) is 10.0 Å². The summed E-state index contributed by atoms with van der Waals surface area (Å²) in [6.07, 6.45) is 1.63. The monoisotopic (exact) mass is 649 g/mol. The van der Waals surface area contributed by atoms with Gasteiger partial charge in [0.25, 0.3) is 15.9 Å². The molecule has 2 N–H and O–H groups in total. The zero-order valence-corrected chi connectivity index (χ0v) is 25.6. The van der Waals surface area contributed by atoms with E-state index in [0.717, 1.165) is 25.0 Å². The Morgan fingerprint density at radius 3 is 2.17 bits per heavy atom. The second kappa shape index (κ2) is 15.0. The second-order valence-corrected chi connectivity index (χ2v) is 12.4. The average Bonchev–Trinajstić information content (AvgIpc) is 3.59.